The van der Waals surface area contributed by atoms with Gasteiger partial charge in [0, 0.05) is 24.7 Å². The smallest absolute Gasteiger partial charge is 0.312 e. The summed E-state index contributed by atoms with van der Waals surface area (Å²) < 4.78 is 17.5. The van der Waals surface area contributed by atoms with Gasteiger partial charge in [-0.3, -0.25) is 19.2 Å². The summed E-state index contributed by atoms with van der Waals surface area (Å²) in [5.41, 5.74) is -1.49. The van der Waals surface area contributed by atoms with E-state index in [0.717, 1.165) is 19.3 Å². The van der Waals surface area contributed by atoms with Gasteiger partial charge in [0.25, 0.3) is 0 Å². The molecule has 0 spiro atoms. The topological polar surface area (TPSA) is 136 Å². The molecule has 0 N–H and O–H groups in total. The Hall–Kier alpha value is -2.45. The zero-order valence-corrected chi connectivity index (χ0v) is 18.3. The van der Waals surface area contributed by atoms with Crippen LogP contribution in [0.25, 0.3) is 0 Å². The molecule has 7 unspecified atom stereocenters. The van der Waals surface area contributed by atoms with E-state index in [-0.39, 0.29) is 60.2 Å². The molecule has 0 aromatic heterocycles. The molecule has 6 bridgehead atoms. The summed E-state index contributed by atoms with van der Waals surface area (Å²) in [4.78, 5) is 60.0. The van der Waals surface area contributed by atoms with E-state index in [9.17, 15) is 29.1 Å². The number of ether oxygens (including phenoxy) is 3. The van der Waals surface area contributed by atoms with Gasteiger partial charge in [-0.05, 0) is 56.8 Å². The Morgan fingerprint density at radius 3 is 2.42 bits per heavy atom. The molecule has 6 saturated carbocycles. The van der Waals surface area contributed by atoms with Gasteiger partial charge in [-0.1, -0.05) is 0 Å². The maximum absolute atomic E-state index is 13.6. The average Bonchev–Trinajstić information content (AvgIpc) is 3.35. The largest absolute Gasteiger partial charge is 0.542 e. The normalized spacial score (nSPS) is 45.7. The van der Waals surface area contributed by atoms with E-state index in [2.05, 4.69) is 0 Å². The number of ketones is 1. The van der Waals surface area contributed by atoms with Gasteiger partial charge in [0.2, 0.25) is 0 Å². The van der Waals surface area contributed by atoms with Crippen molar-refractivity contribution in [3.05, 3.63) is 0 Å². The standard InChI is InChI=1S/C24H28O9/c25-16(20(27)28)1-2-17(26)33-24-8-11-3-12(9-24)7-23(6-11,10-24)22(30)32-18-13-4-14-15(5-13)21(29)31-19(14)18/h11-15,18-19H,1-10H2,(H,27,28)/p-1. The fourth-order valence-corrected chi connectivity index (χ4v) is 8.46. The molecular formula is C24H27O9-. The Labute approximate surface area is 190 Å². The highest BCUT2D eigenvalue weighted by atomic mass is 16.6. The van der Waals surface area contributed by atoms with Gasteiger partial charge < -0.3 is 24.1 Å². The molecule has 1 aliphatic heterocycles. The van der Waals surface area contributed by atoms with Gasteiger partial charge in [-0.2, -0.15) is 0 Å². The Bertz CT molecular complexity index is 940. The molecule has 9 heteroatoms. The summed E-state index contributed by atoms with van der Waals surface area (Å²) in [7, 11) is 0. The third-order valence-corrected chi connectivity index (χ3v) is 9.21. The molecule has 7 atom stereocenters. The van der Waals surface area contributed by atoms with E-state index in [4.69, 9.17) is 14.2 Å². The van der Waals surface area contributed by atoms with Crippen LogP contribution in [0.5, 0.6) is 0 Å². The van der Waals surface area contributed by atoms with Crippen LogP contribution in [0.2, 0.25) is 0 Å². The number of hydrogen-bond acceptors (Lipinski definition) is 9. The van der Waals surface area contributed by atoms with Crippen molar-refractivity contribution in [3.63, 3.8) is 0 Å². The first kappa shape index (κ1) is 21.1. The molecule has 1 heterocycles. The first-order chi connectivity index (χ1) is 15.7. The molecule has 9 nitrogen and oxygen atoms in total. The number of carbonyl (C=O) groups is 5. The summed E-state index contributed by atoms with van der Waals surface area (Å²) >= 11 is 0. The number of carboxylic acid groups (broad SMARTS) is 1. The van der Waals surface area contributed by atoms with Crippen molar-refractivity contribution in [2.45, 2.75) is 82.0 Å². The highest BCUT2D eigenvalue weighted by Crippen LogP contribution is 2.64. The lowest BCUT2D eigenvalue weighted by atomic mass is 9.48. The second kappa shape index (κ2) is 7.03. The number of Topliss-reactive ketones (excluding diaryl/α,β-unsaturated/α-hetero) is 1. The van der Waals surface area contributed by atoms with Crippen molar-refractivity contribution >= 4 is 29.7 Å². The van der Waals surface area contributed by atoms with Crippen LogP contribution >= 0.6 is 0 Å². The predicted molar refractivity (Wildman–Crippen MR) is 105 cm³/mol. The zero-order chi connectivity index (χ0) is 23.1. The third kappa shape index (κ3) is 3.21. The van der Waals surface area contributed by atoms with Crippen molar-refractivity contribution in [2.75, 3.05) is 0 Å². The summed E-state index contributed by atoms with van der Waals surface area (Å²) in [6.45, 7) is 0. The maximum atomic E-state index is 13.6. The van der Waals surface area contributed by atoms with Crippen molar-refractivity contribution in [1.29, 1.82) is 0 Å². The van der Waals surface area contributed by atoms with Gasteiger partial charge in [-0.15, -0.1) is 0 Å². The minimum absolute atomic E-state index is 0.0408. The number of carboxylic acids is 1. The number of carbonyl (C=O) groups excluding carboxylic acids is 5. The van der Waals surface area contributed by atoms with Crippen molar-refractivity contribution in [3.8, 4) is 0 Å². The minimum Gasteiger partial charge on any atom is -0.542 e. The molecule has 178 valence electrons. The van der Waals surface area contributed by atoms with Gasteiger partial charge in [0.1, 0.15) is 23.8 Å². The monoisotopic (exact) mass is 459 g/mol. The fraction of sp³-hybridized carbons (Fsp3) is 0.792. The van der Waals surface area contributed by atoms with Gasteiger partial charge in [-0.25, -0.2) is 0 Å². The highest BCUT2D eigenvalue weighted by Gasteiger charge is 2.66. The minimum atomic E-state index is -1.81. The molecule has 7 fully saturated rings. The fourth-order valence-electron chi connectivity index (χ4n) is 8.46. The van der Waals surface area contributed by atoms with E-state index in [1.165, 1.54) is 0 Å². The van der Waals surface area contributed by atoms with Crippen molar-refractivity contribution in [2.24, 2.45) is 35.0 Å². The quantitative estimate of drug-likeness (QED) is 0.302. The number of fused-ring (bicyclic) bond motifs is 1. The first-order valence-electron chi connectivity index (χ1n) is 12.0. The second-order valence-corrected chi connectivity index (χ2v) is 11.4. The summed E-state index contributed by atoms with van der Waals surface area (Å²) in [6, 6.07) is 0. The zero-order valence-electron chi connectivity index (χ0n) is 18.3. The van der Waals surface area contributed by atoms with Gasteiger partial charge in [0.15, 0.2) is 5.78 Å². The second-order valence-electron chi connectivity index (χ2n) is 11.4. The Kier molecular flexibility index (Phi) is 4.49. The molecule has 7 aliphatic rings. The molecular weight excluding hydrogens is 432 g/mol. The molecule has 0 radical (unpaired) electrons. The van der Waals surface area contributed by atoms with Crippen LogP contribution in [-0.4, -0.2) is 47.5 Å². The molecule has 0 aromatic rings. The van der Waals surface area contributed by atoms with Crippen molar-refractivity contribution < 1.29 is 43.3 Å². The van der Waals surface area contributed by atoms with Crippen molar-refractivity contribution in [1.82, 2.24) is 0 Å². The van der Waals surface area contributed by atoms with E-state index < -0.39 is 35.2 Å². The van der Waals surface area contributed by atoms with Crippen LogP contribution in [0.15, 0.2) is 0 Å². The average molecular weight is 459 g/mol. The number of aliphatic carboxylic acids is 1. The Morgan fingerprint density at radius 2 is 1.73 bits per heavy atom. The van der Waals surface area contributed by atoms with E-state index >= 15 is 0 Å². The van der Waals surface area contributed by atoms with Crippen LogP contribution in [0.4, 0.5) is 0 Å². The van der Waals surface area contributed by atoms with E-state index in [1.807, 2.05) is 0 Å². The summed E-state index contributed by atoms with van der Waals surface area (Å²) in [5.74, 6) is -3.18. The highest BCUT2D eigenvalue weighted by molar-refractivity contribution is 6.31. The van der Waals surface area contributed by atoms with Crippen LogP contribution < -0.4 is 5.11 Å². The first-order valence-corrected chi connectivity index (χ1v) is 12.0. The van der Waals surface area contributed by atoms with Gasteiger partial charge >= 0.3 is 17.9 Å². The molecule has 6 aliphatic carbocycles. The van der Waals surface area contributed by atoms with Crippen LogP contribution in [-0.2, 0) is 38.2 Å². The SMILES string of the molecule is O=C(CCC(=O)C(=O)[O-])OC12CC3CC(C1)CC(C(=O)OC1C4CC5C(=O)OC1C5C4)(C3)C2. The van der Waals surface area contributed by atoms with Crippen LogP contribution in [0, 0.1) is 35.0 Å². The lowest BCUT2D eigenvalue weighted by Crippen LogP contribution is -2.60. The maximum Gasteiger partial charge on any atom is 0.312 e. The van der Waals surface area contributed by atoms with Crippen LogP contribution in [0.3, 0.4) is 0 Å². The number of hydrogen-bond donors (Lipinski definition) is 0. The summed E-state index contributed by atoms with van der Waals surface area (Å²) in [5, 5.41) is 10.6. The number of rotatable bonds is 7. The number of esters is 3. The molecule has 1 saturated heterocycles. The van der Waals surface area contributed by atoms with Gasteiger partial charge in [0.05, 0.1) is 17.8 Å². The predicted octanol–water partition coefficient (Wildman–Crippen LogP) is 0.461. The van der Waals surface area contributed by atoms with E-state index in [0.29, 0.717) is 32.1 Å². The van der Waals surface area contributed by atoms with E-state index in [1.54, 1.807) is 0 Å². The lowest BCUT2D eigenvalue weighted by molar-refractivity contribution is -0.300. The lowest BCUT2D eigenvalue weighted by Gasteiger charge is -2.60. The Balaban J connectivity index is 1.15. The molecule has 0 amide bonds. The van der Waals surface area contributed by atoms with Crippen LogP contribution in [0.1, 0.15) is 64.2 Å². The molecule has 0 aromatic carbocycles. The Morgan fingerprint density at radius 1 is 1.00 bits per heavy atom. The molecule has 7 rings (SSSR count). The summed E-state index contributed by atoms with van der Waals surface area (Å²) in [6.07, 6.45) is 4.25. The third-order valence-electron chi connectivity index (χ3n) is 9.21. The molecule has 33 heavy (non-hydrogen) atoms.